The van der Waals surface area contributed by atoms with E-state index in [1.807, 2.05) is 55.4 Å². The molecule has 8 heteroatoms. The summed E-state index contributed by atoms with van der Waals surface area (Å²) in [6.45, 7) is 20.1. The van der Waals surface area contributed by atoms with Gasteiger partial charge in [-0.15, -0.1) is 0 Å². The third-order valence-electron chi connectivity index (χ3n) is 5.35. The monoisotopic (exact) mass is 491 g/mol. The van der Waals surface area contributed by atoms with Gasteiger partial charge >= 0.3 is 6.09 Å². The highest BCUT2D eigenvalue weighted by Gasteiger charge is 2.44. The maximum Gasteiger partial charge on any atom is 0.408 e. The van der Waals surface area contributed by atoms with E-state index in [1.165, 1.54) is 11.0 Å². The summed E-state index contributed by atoms with van der Waals surface area (Å²) in [7, 11) is 0. The number of nitrogens with zero attached hydrogens (tertiary/aromatic N) is 1. The van der Waals surface area contributed by atoms with Crippen LogP contribution < -0.4 is 10.6 Å². The van der Waals surface area contributed by atoms with Crippen LogP contribution in [0, 0.1) is 5.92 Å². The van der Waals surface area contributed by atoms with Crippen molar-refractivity contribution in [3.8, 4) is 5.75 Å². The van der Waals surface area contributed by atoms with E-state index >= 15 is 0 Å². The number of para-hydroxylation sites is 1. The third-order valence-corrected chi connectivity index (χ3v) is 5.35. The molecule has 1 rings (SSSR count). The second-order valence-electron chi connectivity index (χ2n) is 12.1. The molecule has 3 atom stereocenters. The fourth-order valence-corrected chi connectivity index (χ4v) is 3.67. The topological polar surface area (TPSA) is 108 Å². The van der Waals surface area contributed by atoms with Gasteiger partial charge in [0.1, 0.15) is 23.4 Å². The summed E-state index contributed by atoms with van der Waals surface area (Å²) in [6, 6.07) is 4.42. The highest BCUT2D eigenvalue weighted by Crippen LogP contribution is 2.35. The number of ether oxygens (including phenoxy) is 1. The molecule has 0 aromatic heterocycles. The molecule has 0 saturated carbocycles. The van der Waals surface area contributed by atoms with Gasteiger partial charge < -0.3 is 25.4 Å². The van der Waals surface area contributed by atoms with Crippen LogP contribution in [0.5, 0.6) is 5.75 Å². The molecule has 3 amide bonds. The highest BCUT2D eigenvalue weighted by molar-refractivity contribution is 5.93. The van der Waals surface area contributed by atoms with Gasteiger partial charge in [-0.1, -0.05) is 38.5 Å². The van der Waals surface area contributed by atoms with Crippen LogP contribution in [-0.2, 0) is 14.3 Å². The van der Waals surface area contributed by atoms with Gasteiger partial charge in [0.15, 0.2) is 0 Å². The molecular weight excluding hydrogens is 446 g/mol. The van der Waals surface area contributed by atoms with Crippen molar-refractivity contribution in [2.24, 2.45) is 5.92 Å². The lowest BCUT2D eigenvalue weighted by atomic mass is 9.91. The van der Waals surface area contributed by atoms with Crippen LogP contribution in [0.2, 0.25) is 0 Å². The highest BCUT2D eigenvalue weighted by atomic mass is 16.6. The number of carbonyl (C=O) groups excluding carboxylic acids is 3. The predicted molar refractivity (Wildman–Crippen MR) is 138 cm³/mol. The van der Waals surface area contributed by atoms with Gasteiger partial charge in [0, 0.05) is 16.6 Å². The number of alkyl carbamates (subject to hydrolysis) is 1. The van der Waals surface area contributed by atoms with Crippen LogP contribution in [0.3, 0.4) is 0 Å². The number of nitrogens with one attached hydrogen (secondary N) is 2. The third kappa shape index (κ3) is 9.07. The van der Waals surface area contributed by atoms with E-state index in [0.29, 0.717) is 12.0 Å². The Morgan fingerprint density at radius 1 is 1.00 bits per heavy atom. The van der Waals surface area contributed by atoms with Crippen LogP contribution in [0.25, 0.3) is 0 Å². The first-order chi connectivity index (χ1) is 15.8. The summed E-state index contributed by atoms with van der Waals surface area (Å²) >= 11 is 0. The maximum absolute atomic E-state index is 14.2. The molecule has 8 nitrogen and oxygen atoms in total. The summed E-state index contributed by atoms with van der Waals surface area (Å²) in [5.74, 6) is -1.20. The summed E-state index contributed by atoms with van der Waals surface area (Å²) in [6.07, 6.45) is -0.0946. The molecule has 0 radical (unpaired) electrons. The number of hydrogen-bond acceptors (Lipinski definition) is 5. The largest absolute Gasteiger partial charge is 0.508 e. The molecule has 0 spiro atoms. The molecule has 0 saturated heterocycles. The molecule has 0 bridgehead atoms. The minimum absolute atomic E-state index is 0.0937. The Kier molecular flexibility index (Phi) is 9.78. The van der Waals surface area contributed by atoms with Crippen LogP contribution in [0.15, 0.2) is 24.3 Å². The summed E-state index contributed by atoms with van der Waals surface area (Å²) in [4.78, 5) is 41.9. The van der Waals surface area contributed by atoms with Crippen molar-refractivity contribution >= 4 is 17.9 Å². The molecule has 198 valence electrons. The van der Waals surface area contributed by atoms with Crippen LogP contribution in [0.1, 0.15) is 94.2 Å². The number of phenols is 1. The Morgan fingerprint density at radius 2 is 1.54 bits per heavy atom. The second kappa shape index (κ2) is 11.3. The van der Waals surface area contributed by atoms with Gasteiger partial charge in [0.25, 0.3) is 0 Å². The first-order valence-electron chi connectivity index (χ1n) is 12.2. The van der Waals surface area contributed by atoms with Crippen molar-refractivity contribution in [2.75, 3.05) is 0 Å². The lowest BCUT2D eigenvalue weighted by molar-refractivity contribution is -0.150. The lowest BCUT2D eigenvalue weighted by Gasteiger charge is -2.44. The molecule has 3 unspecified atom stereocenters. The number of benzene rings is 1. The Hall–Kier alpha value is -2.77. The number of hydrogen-bond donors (Lipinski definition) is 3. The number of rotatable bonds is 7. The minimum atomic E-state index is -1.13. The zero-order valence-electron chi connectivity index (χ0n) is 23.3. The molecule has 0 fully saturated rings. The molecule has 1 aromatic carbocycles. The maximum atomic E-state index is 14.2. The fraction of sp³-hybridized carbons (Fsp3) is 0.667. The Bertz CT molecular complexity index is 893. The first-order valence-corrected chi connectivity index (χ1v) is 12.2. The first kappa shape index (κ1) is 30.3. The summed E-state index contributed by atoms with van der Waals surface area (Å²) < 4.78 is 5.42. The van der Waals surface area contributed by atoms with Gasteiger partial charge in [-0.25, -0.2) is 4.79 Å². The lowest BCUT2D eigenvalue weighted by Crippen LogP contribution is -2.60. The molecule has 0 heterocycles. The number of aromatic hydroxyl groups is 1. The molecule has 1 aromatic rings. The second-order valence-corrected chi connectivity index (χ2v) is 12.1. The van der Waals surface area contributed by atoms with E-state index in [0.717, 1.165) is 0 Å². The van der Waals surface area contributed by atoms with Crippen LogP contribution in [0.4, 0.5) is 4.79 Å². The molecular formula is C27H45N3O5. The van der Waals surface area contributed by atoms with Gasteiger partial charge in [-0.05, 0) is 74.3 Å². The number of amides is 3. The Labute approximate surface area is 210 Å². The van der Waals surface area contributed by atoms with Crippen molar-refractivity contribution in [2.45, 2.75) is 111 Å². The Balaban J connectivity index is 3.65. The fourth-order valence-electron chi connectivity index (χ4n) is 3.67. The van der Waals surface area contributed by atoms with Gasteiger partial charge in [0.05, 0.1) is 0 Å². The standard InChI is InChI=1S/C27H45N3O5/c1-12-17(2)20(28-24(34)35-27(9,10)11)23(33)30(26(6,7)8)21(22(32)29-25(3,4)5)18-15-13-14-16-19(18)31/h13-17,20-21,31H,12H2,1-11H3,(H,28,34)(H,29,32). The molecule has 35 heavy (non-hydrogen) atoms. The molecule has 0 aliphatic rings. The van der Waals surface area contributed by atoms with Crippen molar-refractivity contribution in [1.29, 1.82) is 0 Å². The zero-order chi connectivity index (χ0) is 27.4. The van der Waals surface area contributed by atoms with Crippen molar-refractivity contribution in [1.82, 2.24) is 15.5 Å². The summed E-state index contributed by atoms with van der Waals surface area (Å²) in [5.41, 5.74) is -1.84. The van der Waals surface area contributed by atoms with Crippen molar-refractivity contribution < 1.29 is 24.2 Å². The van der Waals surface area contributed by atoms with Gasteiger partial charge in [-0.3, -0.25) is 9.59 Å². The minimum Gasteiger partial charge on any atom is -0.508 e. The van der Waals surface area contributed by atoms with E-state index in [1.54, 1.807) is 39.0 Å². The number of phenolic OH excluding ortho intramolecular Hbond substituents is 1. The predicted octanol–water partition coefficient (Wildman–Crippen LogP) is 4.91. The average Bonchev–Trinajstić information content (AvgIpc) is 2.66. The van der Waals surface area contributed by atoms with E-state index in [-0.39, 0.29) is 11.7 Å². The van der Waals surface area contributed by atoms with E-state index in [2.05, 4.69) is 10.6 Å². The van der Waals surface area contributed by atoms with E-state index in [4.69, 9.17) is 4.74 Å². The molecule has 3 N–H and O–H groups in total. The SMILES string of the molecule is CCC(C)C(NC(=O)OC(C)(C)C)C(=O)N(C(C(=O)NC(C)(C)C)c1ccccc1O)C(C)(C)C. The van der Waals surface area contributed by atoms with E-state index < -0.39 is 46.7 Å². The van der Waals surface area contributed by atoms with Crippen LogP contribution >= 0.6 is 0 Å². The quantitative estimate of drug-likeness (QED) is 0.502. The van der Waals surface area contributed by atoms with Crippen molar-refractivity contribution in [3.63, 3.8) is 0 Å². The smallest absolute Gasteiger partial charge is 0.408 e. The van der Waals surface area contributed by atoms with Gasteiger partial charge in [0.2, 0.25) is 11.8 Å². The van der Waals surface area contributed by atoms with Crippen molar-refractivity contribution in [3.05, 3.63) is 29.8 Å². The molecule has 0 aliphatic carbocycles. The molecule has 0 aliphatic heterocycles. The van der Waals surface area contributed by atoms with Gasteiger partial charge in [-0.2, -0.15) is 0 Å². The van der Waals surface area contributed by atoms with Crippen LogP contribution in [-0.4, -0.2) is 50.6 Å². The Morgan fingerprint density at radius 3 is 1.97 bits per heavy atom. The zero-order valence-corrected chi connectivity index (χ0v) is 23.3. The average molecular weight is 492 g/mol. The normalized spacial score (nSPS) is 14.9. The summed E-state index contributed by atoms with van der Waals surface area (Å²) in [5, 5.41) is 16.4. The van der Waals surface area contributed by atoms with E-state index in [9.17, 15) is 19.5 Å². The number of carbonyl (C=O) groups is 3.